The number of amides is 3. The van der Waals surface area contributed by atoms with Crippen LogP contribution in [-0.2, 0) is 26.2 Å². The van der Waals surface area contributed by atoms with Crippen LogP contribution < -0.4 is 10.5 Å². The van der Waals surface area contributed by atoms with Gasteiger partial charge in [-0.15, -0.1) is 0 Å². The molecule has 1 aromatic carbocycles. The predicted octanol–water partition coefficient (Wildman–Crippen LogP) is -0.905. The number of rotatable bonds is 2. The minimum atomic E-state index is -3.90. The highest BCUT2D eigenvalue weighted by atomic mass is 32.2. The first-order valence-corrected chi connectivity index (χ1v) is 8.12. The number of piperidine rings is 1. The van der Waals surface area contributed by atoms with Gasteiger partial charge in [0.2, 0.25) is 21.8 Å². The van der Waals surface area contributed by atoms with Gasteiger partial charge in [-0.1, -0.05) is 6.07 Å². The van der Waals surface area contributed by atoms with E-state index >= 15 is 0 Å². The molecule has 3 amide bonds. The summed E-state index contributed by atoms with van der Waals surface area (Å²) < 4.78 is 22.7. The second-order valence-electron chi connectivity index (χ2n) is 5.26. The molecule has 2 aliphatic heterocycles. The lowest BCUT2D eigenvalue weighted by Crippen LogP contribution is -2.52. The van der Waals surface area contributed by atoms with Gasteiger partial charge in [0.25, 0.3) is 5.91 Å². The predicted molar refractivity (Wildman–Crippen MR) is 73.9 cm³/mol. The molecule has 1 saturated heterocycles. The van der Waals surface area contributed by atoms with Gasteiger partial charge >= 0.3 is 0 Å². The van der Waals surface area contributed by atoms with Crippen molar-refractivity contribution < 1.29 is 22.8 Å². The number of carbonyl (C=O) groups is 3. The molecule has 0 bridgehead atoms. The summed E-state index contributed by atoms with van der Waals surface area (Å²) in [4.78, 5) is 36.7. The van der Waals surface area contributed by atoms with Crippen molar-refractivity contribution >= 4 is 27.7 Å². The molecule has 0 aliphatic carbocycles. The van der Waals surface area contributed by atoms with E-state index in [0.717, 1.165) is 0 Å². The van der Waals surface area contributed by atoms with Gasteiger partial charge in [0.15, 0.2) is 0 Å². The normalized spacial score (nSPS) is 21.8. The van der Waals surface area contributed by atoms with E-state index in [9.17, 15) is 22.8 Å². The number of nitrogens with zero attached hydrogens (tertiary/aromatic N) is 1. The van der Waals surface area contributed by atoms with Gasteiger partial charge in [-0.05, 0) is 24.1 Å². The number of hydrogen-bond donors (Lipinski definition) is 2. The lowest BCUT2D eigenvalue weighted by molar-refractivity contribution is -0.136. The average molecular weight is 323 g/mol. The quantitative estimate of drug-likeness (QED) is 0.682. The molecule has 3 N–H and O–H groups in total. The minimum Gasteiger partial charge on any atom is -0.322 e. The molecule has 1 atom stereocenters. The van der Waals surface area contributed by atoms with E-state index in [4.69, 9.17) is 5.14 Å². The third-order valence-corrected chi connectivity index (χ3v) is 4.74. The van der Waals surface area contributed by atoms with Gasteiger partial charge < -0.3 is 4.90 Å². The van der Waals surface area contributed by atoms with E-state index in [0.29, 0.717) is 5.56 Å². The van der Waals surface area contributed by atoms with Crippen molar-refractivity contribution in [2.75, 3.05) is 0 Å². The molecular weight excluding hydrogens is 310 g/mol. The van der Waals surface area contributed by atoms with Crippen LogP contribution in [0.25, 0.3) is 0 Å². The lowest BCUT2D eigenvalue weighted by Gasteiger charge is -2.29. The maximum atomic E-state index is 12.4. The van der Waals surface area contributed by atoms with Crippen LogP contribution in [0.5, 0.6) is 0 Å². The number of nitrogens with two attached hydrogens (primary N) is 1. The van der Waals surface area contributed by atoms with Crippen LogP contribution in [0.4, 0.5) is 0 Å². The summed E-state index contributed by atoms with van der Waals surface area (Å²) in [5.41, 5.74) is 0.846. The molecule has 8 nitrogen and oxygen atoms in total. The number of fused-ring (bicyclic) bond motifs is 1. The van der Waals surface area contributed by atoms with Crippen molar-refractivity contribution in [2.45, 2.75) is 30.3 Å². The molecule has 0 spiro atoms. The second-order valence-corrected chi connectivity index (χ2v) is 6.83. The molecule has 0 aromatic heterocycles. The lowest BCUT2D eigenvalue weighted by atomic mass is 10.0. The minimum absolute atomic E-state index is 0.148. The topological polar surface area (TPSA) is 127 Å². The summed E-state index contributed by atoms with van der Waals surface area (Å²) in [6.45, 7) is 0.200. The van der Waals surface area contributed by atoms with Gasteiger partial charge in [0, 0.05) is 18.5 Å². The summed E-state index contributed by atoms with van der Waals surface area (Å²) in [5.74, 6) is -1.30. The number of benzene rings is 1. The Morgan fingerprint density at radius 1 is 1.23 bits per heavy atom. The fourth-order valence-corrected chi connectivity index (χ4v) is 3.25. The number of hydrogen-bond acceptors (Lipinski definition) is 5. The van der Waals surface area contributed by atoms with Gasteiger partial charge in [0.05, 0.1) is 4.90 Å². The van der Waals surface area contributed by atoms with Gasteiger partial charge in [-0.25, -0.2) is 13.6 Å². The van der Waals surface area contributed by atoms with Crippen molar-refractivity contribution in [3.05, 3.63) is 29.3 Å². The third-order valence-electron chi connectivity index (χ3n) is 3.83. The SMILES string of the molecule is NS(=O)(=O)c1ccc2c(c1)C(=O)N(C1CCC(=O)NC1=O)C2. The summed E-state index contributed by atoms with van der Waals surface area (Å²) in [6.07, 6.45) is 0.422. The number of carbonyl (C=O) groups excluding carboxylic acids is 3. The molecular formula is C13H13N3O5S. The Kier molecular flexibility index (Phi) is 3.26. The van der Waals surface area contributed by atoms with Crippen LogP contribution in [-0.4, -0.2) is 37.1 Å². The van der Waals surface area contributed by atoms with Crippen molar-refractivity contribution in [1.29, 1.82) is 0 Å². The van der Waals surface area contributed by atoms with Crippen molar-refractivity contribution in [3.63, 3.8) is 0 Å². The van der Waals surface area contributed by atoms with Crippen molar-refractivity contribution in [3.8, 4) is 0 Å². The number of primary sulfonamides is 1. The Morgan fingerprint density at radius 3 is 2.59 bits per heavy atom. The van der Waals surface area contributed by atoms with Crippen molar-refractivity contribution in [2.24, 2.45) is 5.14 Å². The third kappa shape index (κ3) is 2.38. The molecule has 0 saturated carbocycles. The smallest absolute Gasteiger partial charge is 0.255 e. The molecule has 2 heterocycles. The molecule has 1 unspecified atom stereocenters. The van der Waals surface area contributed by atoms with Crippen LogP contribution in [0.15, 0.2) is 23.1 Å². The summed E-state index contributed by atoms with van der Waals surface area (Å²) >= 11 is 0. The Labute approximate surface area is 126 Å². The second kappa shape index (κ2) is 4.89. The van der Waals surface area contributed by atoms with Gasteiger partial charge in [0.1, 0.15) is 6.04 Å². The van der Waals surface area contributed by atoms with E-state index in [1.165, 1.54) is 23.1 Å². The van der Waals surface area contributed by atoms with Crippen molar-refractivity contribution in [1.82, 2.24) is 10.2 Å². The molecule has 22 heavy (non-hydrogen) atoms. The standard InChI is InChI=1S/C13H13N3O5S/c14-22(20,21)8-2-1-7-6-16(13(19)9(7)5-8)10-3-4-11(17)15-12(10)18/h1-2,5,10H,3-4,6H2,(H2,14,20,21)(H,15,17,18). The average Bonchev–Trinajstić information content (AvgIpc) is 2.75. The van der Waals surface area contributed by atoms with E-state index in [2.05, 4.69) is 5.32 Å². The van der Waals surface area contributed by atoms with E-state index < -0.39 is 27.9 Å². The molecule has 9 heteroatoms. The first-order valence-electron chi connectivity index (χ1n) is 6.58. The monoisotopic (exact) mass is 323 g/mol. The molecule has 116 valence electrons. The fraction of sp³-hybridized carbons (Fsp3) is 0.308. The maximum Gasteiger partial charge on any atom is 0.255 e. The Balaban J connectivity index is 1.92. The first-order chi connectivity index (χ1) is 10.3. The van der Waals surface area contributed by atoms with E-state index in [-0.39, 0.29) is 35.8 Å². The molecule has 1 fully saturated rings. The largest absolute Gasteiger partial charge is 0.322 e. The molecule has 2 aliphatic rings. The summed E-state index contributed by atoms with van der Waals surface area (Å²) in [6, 6.07) is 3.34. The fourth-order valence-electron chi connectivity index (χ4n) is 2.71. The zero-order chi connectivity index (χ0) is 16.1. The van der Waals surface area contributed by atoms with Crippen LogP contribution in [0.3, 0.4) is 0 Å². The van der Waals surface area contributed by atoms with Gasteiger partial charge in [-0.2, -0.15) is 0 Å². The molecule has 3 rings (SSSR count). The molecule has 1 aromatic rings. The summed E-state index contributed by atoms with van der Waals surface area (Å²) in [5, 5.41) is 7.26. The molecule has 0 radical (unpaired) electrons. The van der Waals surface area contributed by atoms with Crippen LogP contribution in [0.2, 0.25) is 0 Å². The Morgan fingerprint density at radius 2 is 1.95 bits per heavy atom. The number of nitrogens with one attached hydrogen (secondary N) is 1. The van der Waals surface area contributed by atoms with E-state index in [1.54, 1.807) is 0 Å². The van der Waals surface area contributed by atoms with Gasteiger partial charge in [-0.3, -0.25) is 19.7 Å². The highest BCUT2D eigenvalue weighted by molar-refractivity contribution is 7.89. The first kappa shape index (κ1) is 14.7. The number of imide groups is 1. The van der Waals surface area contributed by atoms with Crippen LogP contribution >= 0.6 is 0 Å². The number of sulfonamides is 1. The zero-order valence-electron chi connectivity index (χ0n) is 11.4. The Hall–Kier alpha value is -2.26. The van der Waals surface area contributed by atoms with Crippen LogP contribution in [0, 0.1) is 0 Å². The van der Waals surface area contributed by atoms with E-state index in [1.807, 2.05) is 0 Å². The van der Waals surface area contributed by atoms with Crippen LogP contribution in [0.1, 0.15) is 28.8 Å². The summed E-state index contributed by atoms with van der Waals surface area (Å²) in [7, 11) is -3.90. The maximum absolute atomic E-state index is 12.4. The highest BCUT2D eigenvalue weighted by Gasteiger charge is 2.39. The zero-order valence-corrected chi connectivity index (χ0v) is 12.2. The highest BCUT2D eigenvalue weighted by Crippen LogP contribution is 2.28. The Bertz CT molecular complexity index is 802.